The van der Waals surface area contributed by atoms with Crippen LogP contribution in [-0.4, -0.2) is 11.5 Å². The quantitative estimate of drug-likeness (QED) is 0.830. The van der Waals surface area contributed by atoms with E-state index in [9.17, 15) is 9.90 Å². The lowest BCUT2D eigenvalue weighted by molar-refractivity contribution is -0.105. The predicted molar refractivity (Wildman–Crippen MR) is 75.9 cm³/mol. The molecule has 1 aromatic heterocycles. The number of hydrogen-bond donors (Lipinski definition) is 2. The molecule has 2 aromatic rings. The van der Waals surface area contributed by atoms with E-state index in [4.69, 9.17) is 23.2 Å². The molecule has 0 bridgehead atoms. The monoisotopic (exact) mass is 301 g/mol. The largest absolute Gasteiger partial charge is 0.507 e. The van der Waals surface area contributed by atoms with Gasteiger partial charge in [0.1, 0.15) is 14.4 Å². The highest BCUT2D eigenvalue weighted by Gasteiger charge is 2.19. The number of halogens is 2. The molecular weight excluding hydrogens is 293 g/mol. The van der Waals surface area contributed by atoms with E-state index < -0.39 is 0 Å². The smallest absolute Gasteiger partial charge is 0.211 e. The molecule has 1 aromatic carbocycles. The summed E-state index contributed by atoms with van der Waals surface area (Å²) in [5.41, 5.74) is 2.42. The lowest BCUT2D eigenvalue weighted by Gasteiger charge is -2.07. The van der Waals surface area contributed by atoms with Crippen molar-refractivity contribution in [2.75, 3.05) is 5.32 Å². The van der Waals surface area contributed by atoms with Gasteiger partial charge in [0.2, 0.25) is 6.41 Å². The minimum absolute atomic E-state index is 0.0975. The molecule has 0 fully saturated rings. The Bertz CT molecular complexity index is 610. The number of amides is 1. The molecule has 0 spiro atoms. The van der Waals surface area contributed by atoms with E-state index in [-0.39, 0.29) is 5.75 Å². The lowest BCUT2D eigenvalue weighted by Crippen LogP contribution is -1.94. The summed E-state index contributed by atoms with van der Waals surface area (Å²) >= 11 is 13.2. The van der Waals surface area contributed by atoms with Crippen LogP contribution < -0.4 is 5.32 Å². The Morgan fingerprint density at radius 1 is 1.33 bits per heavy atom. The van der Waals surface area contributed by atoms with E-state index in [2.05, 4.69) is 5.32 Å². The molecule has 6 heteroatoms. The van der Waals surface area contributed by atoms with Gasteiger partial charge in [0.25, 0.3) is 0 Å². The molecule has 1 amide bonds. The van der Waals surface area contributed by atoms with Crippen molar-refractivity contribution in [3.8, 4) is 16.9 Å². The van der Waals surface area contributed by atoms with Crippen molar-refractivity contribution in [2.45, 2.75) is 6.92 Å². The van der Waals surface area contributed by atoms with Crippen molar-refractivity contribution in [2.24, 2.45) is 0 Å². The van der Waals surface area contributed by atoms with Gasteiger partial charge in [-0.05, 0) is 18.6 Å². The van der Waals surface area contributed by atoms with Crippen molar-refractivity contribution < 1.29 is 9.90 Å². The maximum atomic E-state index is 10.6. The zero-order valence-corrected chi connectivity index (χ0v) is 11.7. The van der Waals surface area contributed by atoms with Crippen LogP contribution in [-0.2, 0) is 4.79 Å². The fourth-order valence-corrected chi connectivity index (χ4v) is 3.32. The third kappa shape index (κ3) is 2.32. The zero-order valence-electron chi connectivity index (χ0n) is 9.33. The van der Waals surface area contributed by atoms with Crippen LogP contribution in [0.3, 0.4) is 0 Å². The number of thiophene rings is 1. The lowest BCUT2D eigenvalue weighted by atomic mass is 10.0. The van der Waals surface area contributed by atoms with Gasteiger partial charge < -0.3 is 10.4 Å². The van der Waals surface area contributed by atoms with Gasteiger partial charge in [0.05, 0.1) is 5.69 Å². The van der Waals surface area contributed by atoms with Crippen LogP contribution in [0.5, 0.6) is 5.75 Å². The number of rotatable bonds is 3. The SMILES string of the molecule is Cc1ccc(-c2c(Cl)sc(Cl)c2NC=O)c(O)c1. The third-order valence-electron chi connectivity index (χ3n) is 2.45. The molecule has 18 heavy (non-hydrogen) atoms. The number of anilines is 1. The van der Waals surface area contributed by atoms with E-state index >= 15 is 0 Å². The third-order valence-corrected chi connectivity index (χ3v) is 4.06. The Morgan fingerprint density at radius 3 is 2.67 bits per heavy atom. The maximum absolute atomic E-state index is 10.6. The van der Waals surface area contributed by atoms with Gasteiger partial charge in [-0.25, -0.2) is 0 Å². The highest BCUT2D eigenvalue weighted by Crippen LogP contribution is 2.48. The normalized spacial score (nSPS) is 10.4. The first-order valence-corrected chi connectivity index (χ1v) is 6.59. The van der Waals surface area contributed by atoms with Crippen LogP contribution in [0.25, 0.3) is 11.1 Å². The number of aromatic hydroxyl groups is 1. The summed E-state index contributed by atoms with van der Waals surface area (Å²) < 4.78 is 0.797. The van der Waals surface area contributed by atoms with Crippen molar-refractivity contribution in [1.29, 1.82) is 0 Å². The van der Waals surface area contributed by atoms with E-state index in [1.165, 1.54) is 0 Å². The number of nitrogens with one attached hydrogen (secondary N) is 1. The molecule has 2 N–H and O–H groups in total. The first-order chi connectivity index (χ1) is 8.54. The fourth-order valence-electron chi connectivity index (χ4n) is 1.66. The Balaban J connectivity index is 2.66. The minimum atomic E-state index is 0.0975. The number of aryl methyl sites for hydroxylation is 1. The van der Waals surface area contributed by atoms with Crippen LogP contribution in [0.1, 0.15) is 5.56 Å². The Morgan fingerprint density at radius 2 is 2.06 bits per heavy atom. The summed E-state index contributed by atoms with van der Waals surface area (Å²) in [6.07, 6.45) is 0.527. The van der Waals surface area contributed by atoms with Gasteiger partial charge in [-0.1, -0.05) is 35.3 Å². The van der Waals surface area contributed by atoms with E-state index in [1.54, 1.807) is 12.1 Å². The molecule has 0 saturated carbocycles. The Hall–Kier alpha value is -1.23. The van der Waals surface area contributed by atoms with Gasteiger partial charge in [-0.3, -0.25) is 4.79 Å². The van der Waals surface area contributed by atoms with E-state index in [1.807, 2.05) is 13.0 Å². The van der Waals surface area contributed by atoms with Crippen LogP contribution in [0.15, 0.2) is 18.2 Å². The Labute approximate surface area is 118 Å². The average Bonchev–Trinajstić information content (AvgIpc) is 2.56. The molecule has 0 aliphatic carbocycles. The van der Waals surface area contributed by atoms with Crippen LogP contribution in [0, 0.1) is 6.92 Å². The van der Waals surface area contributed by atoms with Gasteiger partial charge in [0.15, 0.2) is 0 Å². The second-order valence-electron chi connectivity index (χ2n) is 3.68. The molecule has 0 saturated heterocycles. The summed E-state index contributed by atoms with van der Waals surface area (Å²) in [7, 11) is 0. The average molecular weight is 302 g/mol. The van der Waals surface area contributed by atoms with Crippen molar-refractivity contribution in [1.82, 2.24) is 0 Å². The highest BCUT2D eigenvalue weighted by atomic mass is 35.5. The summed E-state index contributed by atoms with van der Waals surface area (Å²) in [6.45, 7) is 1.87. The predicted octanol–water partition coefficient (Wildman–Crippen LogP) is 4.30. The zero-order chi connectivity index (χ0) is 13.3. The molecule has 1 heterocycles. The topological polar surface area (TPSA) is 49.3 Å². The standard InChI is InChI=1S/C12H9Cl2NO2S/c1-6-2-3-7(8(17)4-6)9-10(15-5-16)12(14)18-11(9)13/h2-5,17H,1H3,(H,15,16). The van der Waals surface area contributed by atoms with Gasteiger partial charge in [-0.2, -0.15) is 0 Å². The highest BCUT2D eigenvalue weighted by molar-refractivity contribution is 7.21. The number of phenolic OH excluding ortho intramolecular Hbond substituents is 1. The Kier molecular flexibility index (Phi) is 3.80. The van der Waals surface area contributed by atoms with Crippen LogP contribution >= 0.6 is 34.5 Å². The second kappa shape index (κ2) is 5.18. The van der Waals surface area contributed by atoms with Crippen molar-refractivity contribution >= 4 is 46.6 Å². The maximum Gasteiger partial charge on any atom is 0.211 e. The van der Waals surface area contributed by atoms with E-state index in [0.29, 0.717) is 31.9 Å². The first kappa shape index (κ1) is 13.2. The number of carbonyl (C=O) groups is 1. The molecule has 0 aliphatic rings. The first-order valence-electron chi connectivity index (χ1n) is 5.02. The molecule has 0 radical (unpaired) electrons. The van der Waals surface area contributed by atoms with Gasteiger partial charge >= 0.3 is 0 Å². The number of benzene rings is 1. The summed E-state index contributed by atoms with van der Waals surface area (Å²) in [4.78, 5) is 10.6. The molecule has 3 nitrogen and oxygen atoms in total. The number of phenols is 1. The summed E-state index contributed by atoms with van der Waals surface area (Å²) in [5, 5.41) is 12.5. The number of carbonyl (C=O) groups excluding carboxylic acids is 1. The molecule has 2 rings (SSSR count). The van der Waals surface area contributed by atoms with Crippen molar-refractivity contribution in [3.05, 3.63) is 32.4 Å². The molecule has 0 aliphatic heterocycles. The molecule has 0 atom stereocenters. The molecule has 94 valence electrons. The van der Waals surface area contributed by atoms with E-state index in [0.717, 1.165) is 16.9 Å². The van der Waals surface area contributed by atoms with Crippen LogP contribution in [0.2, 0.25) is 8.67 Å². The van der Waals surface area contributed by atoms with Crippen molar-refractivity contribution in [3.63, 3.8) is 0 Å². The minimum Gasteiger partial charge on any atom is -0.507 e. The summed E-state index contributed by atoms with van der Waals surface area (Å²) in [5.74, 6) is 0.0975. The van der Waals surface area contributed by atoms with Crippen LogP contribution in [0.4, 0.5) is 5.69 Å². The molecule has 0 unspecified atom stereocenters. The summed E-state index contributed by atoms with van der Waals surface area (Å²) in [6, 6.07) is 5.22. The molecular formula is C12H9Cl2NO2S. The fraction of sp³-hybridized carbons (Fsp3) is 0.0833. The second-order valence-corrected chi connectivity index (χ2v) is 5.91. The number of hydrogen-bond acceptors (Lipinski definition) is 3. The van der Waals surface area contributed by atoms with Gasteiger partial charge in [-0.15, -0.1) is 11.3 Å². The van der Waals surface area contributed by atoms with Gasteiger partial charge in [0, 0.05) is 11.1 Å².